The minimum atomic E-state index is 0.549. The Labute approximate surface area is 124 Å². The zero-order chi connectivity index (χ0) is 13.1. The monoisotopic (exact) mass is 294 g/mol. The van der Waals surface area contributed by atoms with E-state index >= 15 is 0 Å². The molecule has 1 aromatic heterocycles. The van der Waals surface area contributed by atoms with Crippen LogP contribution in [0.3, 0.4) is 0 Å². The van der Waals surface area contributed by atoms with Crippen molar-refractivity contribution in [3.8, 4) is 0 Å². The molecule has 0 bridgehead atoms. The fraction of sp³-hybridized carbons (Fsp3) is 0.667. The average molecular weight is 294 g/mol. The Balaban J connectivity index is 1.55. The lowest BCUT2D eigenvalue weighted by atomic mass is 9.89. The van der Waals surface area contributed by atoms with E-state index in [4.69, 9.17) is 4.99 Å². The molecule has 0 amide bonds. The van der Waals surface area contributed by atoms with Crippen LogP contribution in [0.1, 0.15) is 43.0 Å². The molecule has 4 heteroatoms. The van der Waals surface area contributed by atoms with Crippen molar-refractivity contribution >= 4 is 28.3 Å². The Hall–Kier alpha value is -0.480. The molecule has 1 fully saturated rings. The summed E-state index contributed by atoms with van der Waals surface area (Å²) in [7, 11) is 0. The molecule has 0 saturated heterocycles. The normalized spacial score (nSPS) is 21.6. The van der Waals surface area contributed by atoms with Crippen LogP contribution in [-0.2, 0) is 13.0 Å². The SMILES string of the molecule is CCc1ccsc1CNC1=NCC2(CCCC2)CS1. The molecular formula is C15H22N2S2. The van der Waals surface area contributed by atoms with Crippen LogP contribution in [-0.4, -0.2) is 17.5 Å². The summed E-state index contributed by atoms with van der Waals surface area (Å²) in [6.07, 6.45) is 6.73. The van der Waals surface area contributed by atoms with Crippen molar-refractivity contribution < 1.29 is 0 Å². The second kappa shape index (κ2) is 5.88. The lowest BCUT2D eigenvalue weighted by molar-refractivity contribution is 0.358. The predicted molar refractivity (Wildman–Crippen MR) is 86.2 cm³/mol. The van der Waals surface area contributed by atoms with Gasteiger partial charge in [-0.2, -0.15) is 0 Å². The van der Waals surface area contributed by atoms with E-state index in [-0.39, 0.29) is 0 Å². The van der Waals surface area contributed by atoms with Crippen molar-refractivity contribution in [2.75, 3.05) is 12.3 Å². The van der Waals surface area contributed by atoms with Crippen LogP contribution in [0.2, 0.25) is 0 Å². The number of amidine groups is 1. The van der Waals surface area contributed by atoms with Gasteiger partial charge in [-0.1, -0.05) is 31.5 Å². The molecule has 2 heterocycles. The van der Waals surface area contributed by atoms with Gasteiger partial charge in [0.05, 0.1) is 6.54 Å². The first kappa shape index (κ1) is 13.5. The summed E-state index contributed by atoms with van der Waals surface area (Å²) in [6, 6.07) is 2.24. The summed E-state index contributed by atoms with van der Waals surface area (Å²) < 4.78 is 0. The van der Waals surface area contributed by atoms with Gasteiger partial charge in [-0.3, -0.25) is 4.99 Å². The quantitative estimate of drug-likeness (QED) is 0.909. The fourth-order valence-electron chi connectivity index (χ4n) is 3.08. The van der Waals surface area contributed by atoms with Crippen LogP contribution in [0.5, 0.6) is 0 Å². The molecule has 1 saturated carbocycles. The van der Waals surface area contributed by atoms with Crippen molar-refractivity contribution in [3.05, 3.63) is 21.9 Å². The minimum Gasteiger partial charge on any atom is -0.360 e. The summed E-state index contributed by atoms with van der Waals surface area (Å²) in [5.74, 6) is 1.27. The van der Waals surface area contributed by atoms with E-state index in [0.717, 1.165) is 24.7 Å². The van der Waals surface area contributed by atoms with Crippen molar-refractivity contribution in [3.63, 3.8) is 0 Å². The lowest BCUT2D eigenvalue weighted by Gasteiger charge is -2.31. The third-order valence-corrected chi connectivity index (χ3v) is 6.62. The molecule has 19 heavy (non-hydrogen) atoms. The molecule has 2 aliphatic rings. The molecule has 1 aromatic rings. The molecule has 1 N–H and O–H groups in total. The van der Waals surface area contributed by atoms with Crippen molar-refractivity contribution in [2.24, 2.45) is 10.4 Å². The third kappa shape index (κ3) is 3.00. The second-order valence-electron chi connectivity index (χ2n) is 5.69. The maximum atomic E-state index is 4.79. The Morgan fingerprint density at radius 2 is 2.21 bits per heavy atom. The Morgan fingerprint density at radius 3 is 2.89 bits per heavy atom. The van der Waals surface area contributed by atoms with Crippen LogP contribution < -0.4 is 5.32 Å². The zero-order valence-electron chi connectivity index (χ0n) is 11.6. The molecule has 1 aliphatic carbocycles. The molecule has 104 valence electrons. The molecule has 3 rings (SSSR count). The second-order valence-corrected chi connectivity index (χ2v) is 7.66. The van der Waals surface area contributed by atoms with Crippen LogP contribution in [0, 0.1) is 5.41 Å². The van der Waals surface area contributed by atoms with Crippen LogP contribution in [0.15, 0.2) is 16.4 Å². The highest BCUT2D eigenvalue weighted by molar-refractivity contribution is 8.13. The van der Waals surface area contributed by atoms with Gasteiger partial charge in [0.25, 0.3) is 0 Å². The molecular weight excluding hydrogens is 272 g/mol. The van der Waals surface area contributed by atoms with E-state index < -0.39 is 0 Å². The standard InChI is InChI=1S/C15H22N2S2/c1-2-12-5-8-18-13(12)9-16-14-17-10-15(11-19-14)6-3-4-7-15/h5,8H,2-4,6-7,9-11H2,1H3,(H,16,17). The van der Waals surface area contributed by atoms with Crippen LogP contribution >= 0.6 is 23.1 Å². The van der Waals surface area contributed by atoms with Crippen LogP contribution in [0.4, 0.5) is 0 Å². The summed E-state index contributed by atoms with van der Waals surface area (Å²) in [4.78, 5) is 6.26. The Kier molecular flexibility index (Phi) is 4.18. The van der Waals surface area contributed by atoms with Crippen LogP contribution in [0.25, 0.3) is 0 Å². The summed E-state index contributed by atoms with van der Waals surface area (Å²) >= 11 is 3.79. The van der Waals surface area contributed by atoms with Crippen molar-refractivity contribution in [2.45, 2.75) is 45.6 Å². The number of aryl methyl sites for hydroxylation is 1. The maximum Gasteiger partial charge on any atom is 0.156 e. The number of rotatable bonds is 3. The molecule has 0 aromatic carbocycles. The van der Waals surface area contributed by atoms with E-state index in [0.29, 0.717) is 5.41 Å². The van der Waals surface area contributed by atoms with Gasteiger partial charge < -0.3 is 5.32 Å². The first-order chi connectivity index (χ1) is 9.31. The van der Waals surface area contributed by atoms with Gasteiger partial charge in [-0.05, 0) is 41.7 Å². The van der Waals surface area contributed by atoms with E-state index in [9.17, 15) is 0 Å². The number of thiophene rings is 1. The van der Waals surface area contributed by atoms with Gasteiger partial charge in [-0.15, -0.1) is 11.3 Å². The number of aliphatic imine (C=N–C) groups is 1. The number of thioether (sulfide) groups is 1. The first-order valence-corrected chi connectivity index (χ1v) is 9.14. The Morgan fingerprint density at radius 1 is 1.37 bits per heavy atom. The highest BCUT2D eigenvalue weighted by Crippen LogP contribution is 2.43. The van der Waals surface area contributed by atoms with Gasteiger partial charge in [0.2, 0.25) is 0 Å². The van der Waals surface area contributed by atoms with E-state index in [1.807, 2.05) is 23.1 Å². The summed E-state index contributed by atoms with van der Waals surface area (Å²) in [6.45, 7) is 4.22. The van der Waals surface area contributed by atoms with Gasteiger partial charge >= 0.3 is 0 Å². The maximum absolute atomic E-state index is 4.79. The van der Waals surface area contributed by atoms with Gasteiger partial charge in [0, 0.05) is 17.2 Å². The summed E-state index contributed by atoms with van der Waals surface area (Å²) in [5.41, 5.74) is 2.03. The molecule has 0 unspecified atom stereocenters. The smallest absolute Gasteiger partial charge is 0.156 e. The number of nitrogens with zero attached hydrogens (tertiary/aromatic N) is 1. The predicted octanol–water partition coefficient (Wildman–Crippen LogP) is 4.06. The summed E-state index contributed by atoms with van der Waals surface area (Å²) in [5, 5.41) is 6.88. The number of hydrogen-bond acceptors (Lipinski definition) is 4. The minimum absolute atomic E-state index is 0.549. The first-order valence-electron chi connectivity index (χ1n) is 7.28. The van der Waals surface area contributed by atoms with E-state index in [1.165, 1.54) is 41.9 Å². The highest BCUT2D eigenvalue weighted by atomic mass is 32.2. The average Bonchev–Trinajstić information content (AvgIpc) is 3.07. The van der Waals surface area contributed by atoms with E-state index in [1.54, 1.807) is 0 Å². The van der Waals surface area contributed by atoms with Crippen molar-refractivity contribution in [1.29, 1.82) is 0 Å². The molecule has 2 nitrogen and oxygen atoms in total. The fourth-order valence-corrected chi connectivity index (χ4v) is 5.15. The molecule has 1 aliphatic heterocycles. The van der Waals surface area contributed by atoms with Crippen molar-refractivity contribution in [1.82, 2.24) is 5.32 Å². The topological polar surface area (TPSA) is 24.4 Å². The van der Waals surface area contributed by atoms with E-state index in [2.05, 4.69) is 23.7 Å². The Bertz CT molecular complexity index is 458. The van der Waals surface area contributed by atoms with Gasteiger partial charge in [0.15, 0.2) is 5.17 Å². The lowest BCUT2D eigenvalue weighted by Crippen LogP contribution is -2.33. The number of nitrogens with one attached hydrogen (secondary N) is 1. The molecule has 1 spiro atoms. The third-order valence-electron chi connectivity index (χ3n) is 4.36. The number of hydrogen-bond donors (Lipinski definition) is 1. The highest BCUT2D eigenvalue weighted by Gasteiger charge is 2.36. The largest absolute Gasteiger partial charge is 0.360 e. The zero-order valence-corrected chi connectivity index (χ0v) is 13.2. The van der Waals surface area contributed by atoms with Gasteiger partial charge in [0.1, 0.15) is 0 Å². The van der Waals surface area contributed by atoms with Gasteiger partial charge in [-0.25, -0.2) is 0 Å². The molecule has 0 radical (unpaired) electrons. The molecule has 0 atom stereocenters.